The summed E-state index contributed by atoms with van der Waals surface area (Å²) in [5.74, 6) is 0.364. The monoisotopic (exact) mass is 473 g/mol. The SMILES string of the molecule is CSCc1cccc2c1NCC2C(c1ccc(C(F)(F)F)cc1)C(C)COS(C)(=O)=O. The van der Waals surface area contributed by atoms with Crippen LogP contribution in [0.2, 0.25) is 0 Å². The van der Waals surface area contributed by atoms with Crippen LogP contribution in [0.1, 0.15) is 41.0 Å². The van der Waals surface area contributed by atoms with Gasteiger partial charge >= 0.3 is 6.18 Å². The van der Waals surface area contributed by atoms with Crippen LogP contribution >= 0.6 is 11.8 Å². The van der Waals surface area contributed by atoms with Gasteiger partial charge in [0.25, 0.3) is 10.1 Å². The molecule has 3 rings (SSSR count). The third-order valence-electron chi connectivity index (χ3n) is 5.60. The van der Waals surface area contributed by atoms with Crippen LogP contribution < -0.4 is 5.32 Å². The standard InChI is InChI=1S/C22H26F3NO3S2/c1-14(12-29-31(3,27)28)20(15-7-9-17(10-8-15)22(23,24)25)19-11-26-21-16(13-30-2)5-4-6-18(19)21/h4-10,14,19-20,26H,11-13H2,1-3H3. The van der Waals surface area contributed by atoms with Crippen molar-refractivity contribution in [3.8, 4) is 0 Å². The summed E-state index contributed by atoms with van der Waals surface area (Å²) in [7, 11) is -3.63. The van der Waals surface area contributed by atoms with Crippen LogP contribution in [-0.4, -0.2) is 34.1 Å². The fraction of sp³-hybridized carbons (Fsp3) is 0.455. The van der Waals surface area contributed by atoms with E-state index in [4.69, 9.17) is 4.18 Å². The normalized spacial score (nSPS) is 18.3. The van der Waals surface area contributed by atoms with E-state index in [9.17, 15) is 21.6 Å². The smallest absolute Gasteiger partial charge is 0.384 e. The number of rotatable bonds is 8. The minimum atomic E-state index is -4.41. The largest absolute Gasteiger partial charge is 0.416 e. The van der Waals surface area contributed by atoms with Crippen LogP contribution in [0.3, 0.4) is 0 Å². The molecular formula is C22H26F3NO3S2. The van der Waals surface area contributed by atoms with E-state index in [0.717, 1.165) is 41.0 Å². The van der Waals surface area contributed by atoms with Gasteiger partial charge in [0.2, 0.25) is 0 Å². The zero-order chi connectivity index (χ0) is 22.8. The Morgan fingerprint density at radius 2 is 1.87 bits per heavy atom. The summed E-state index contributed by atoms with van der Waals surface area (Å²) in [5, 5.41) is 3.46. The molecule has 3 unspecified atom stereocenters. The quantitative estimate of drug-likeness (QED) is 0.515. The minimum absolute atomic E-state index is 0.0216. The van der Waals surface area contributed by atoms with Crippen LogP contribution in [0.5, 0.6) is 0 Å². The average molecular weight is 474 g/mol. The summed E-state index contributed by atoms with van der Waals surface area (Å²) in [4.78, 5) is 0. The highest BCUT2D eigenvalue weighted by Gasteiger charge is 2.36. The number of benzene rings is 2. The van der Waals surface area contributed by atoms with Crippen molar-refractivity contribution < 1.29 is 25.8 Å². The fourth-order valence-electron chi connectivity index (χ4n) is 4.25. The number of hydrogen-bond acceptors (Lipinski definition) is 5. The first-order chi connectivity index (χ1) is 14.5. The molecule has 0 amide bonds. The van der Waals surface area contributed by atoms with Crippen molar-refractivity contribution in [1.82, 2.24) is 0 Å². The molecular weight excluding hydrogens is 447 g/mol. The summed E-state index contributed by atoms with van der Waals surface area (Å²) in [6, 6.07) is 11.2. The molecule has 1 aliphatic heterocycles. The third kappa shape index (κ3) is 5.75. The van der Waals surface area contributed by atoms with Crippen LogP contribution in [0.4, 0.5) is 18.9 Å². The second-order valence-corrected chi connectivity index (χ2v) is 10.4. The first kappa shape index (κ1) is 23.9. The molecule has 170 valence electrons. The van der Waals surface area contributed by atoms with Crippen molar-refractivity contribution in [2.45, 2.75) is 30.7 Å². The maximum atomic E-state index is 13.0. The molecule has 1 aliphatic rings. The van der Waals surface area contributed by atoms with Crippen LogP contribution in [-0.2, 0) is 26.2 Å². The lowest BCUT2D eigenvalue weighted by molar-refractivity contribution is -0.137. The summed E-state index contributed by atoms with van der Waals surface area (Å²) >= 11 is 1.71. The van der Waals surface area contributed by atoms with Gasteiger partial charge in [-0.2, -0.15) is 33.4 Å². The average Bonchev–Trinajstić information content (AvgIpc) is 3.11. The lowest BCUT2D eigenvalue weighted by atomic mass is 9.75. The van der Waals surface area contributed by atoms with Crippen molar-refractivity contribution in [3.63, 3.8) is 0 Å². The van der Waals surface area contributed by atoms with Gasteiger partial charge in [0, 0.05) is 23.9 Å². The highest BCUT2D eigenvalue weighted by molar-refractivity contribution is 7.97. The van der Waals surface area contributed by atoms with E-state index < -0.39 is 21.9 Å². The number of halogens is 3. The highest BCUT2D eigenvalue weighted by Crippen LogP contribution is 2.46. The van der Waals surface area contributed by atoms with Gasteiger partial charge in [0.15, 0.2) is 0 Å². The molecule has 0 saturated carbocycles. The zero-order valence-electron chi connectivity index (χ0n) is 17.6. The van der Waals surface area contributed by atoms with Crippen molar-refractivity contribution in [2.75, 3.05) is 31.0 Å². The molecule has 31 heavy (non-hydrogen) atoms. The minimum Gasteiger partial charge on any atom is -0.384 e. The molecule has 1 N–H and O–H groups in total. The Bertz CT molecular complexity index is 1010. The Morgan fingerprint density at radius 1 is 1.19 bits per heavy atom. The van der Waals surface area contributed by atoms with Crippen molar-refractivity contribution in [3.05, 3.63) is 64.7 Å². The van der Waals surface area contributed by atoms with Gasteiger partial charge in [-0.1, -0.05) is 37.3 Å². The molecule has 0 aromatic heterocycles. The number of para-hydroxylation sites is 1. The Kier molecular flexibility index (Phi) is 7.28. The van der Waals surface area contributed by atoms with E-state index in [0.29, 0.717) is 6.54 Å². The summed E-state index contributed by atoms with van der Waals surface area (Å²) in [6.07, 6.45) is -1.39. The zero-order valence-corrected chi connectivity index (χ0v) is 19.2. The maximum absolute atomic E-state index is 13.0. The Hall–Kier alpha value is -1.71. The van der Waals surface area contributed by atoms with Gasteiger partial charge < -0.3 is 5.32 Å². The van der Waals surface area contributed by atoms with E-state index >= 15 is 0 Å². The van der Waals surface area contributed by atoms with Crippen molar-refractivity contribution in [1.29, 1.82) is 0 Å². The number of anilines is 1. The van der Waals surface area contributed by atoms with Crippen LogP contribution in [0.25, 0.3) is 0 Å². The van der Waals surface area contributed by atoms with Crippen molar-refractivity contribution in [2.24, 2.45) is 5.92 Å². The lowest BCUT2D eigenvalue weighted by Gasteiger charge is -2.30. The Balaban J connectivity index is 1.99. The highest BCUT2D eigenvalue weighted by atomic mass is 32.2. The van der Waals surface area contributed by atoms with E-state index in [-0.39, 0.29) is 24.4 Å². The molecule has 1 heterocycles. The molecule has 0 bridgehead atoms. The maximum Gasteiger partial charge on any atom is 0.416 e. The number of fused-ring (bicyclic) bond motifs is 1. The Labute approximate surface area is 185 Å². The van der Waals surface area contributed by atoms with E-state index in [2.05, 4.69) is 11.4 Å². The number of thioether (sulfide) groups is 1. The molecule has 2 aromatic carbocycles. The summed E-state index contributed by atoms with van der Waals surface area (Å²) < 4.78 is 67.2. The molecule has 0 saturated heterocycles. The van der Waals surface area contributed by atoms with Crippen LogP contribution in [0, 0.1) is 5.92 Å². The van der Waals surface area contributed by atoms with Gasteiger partial charge in [-0.15, -0.1) is 0 Å². The topological polar surface area (TPSA) is 55.4 Å². The second-order valence-electron chi connectivity index (χ2n) is 7.91. The first-order valence-electron chi connectivity index (χ1n) is 9.87. The van der Waals surface area contributed by atoms with E-state index in [1.807, 2.05) is 25.3 Å². The summed E-state index contributed by atoms with van der Waals surface area (Å²) in [6.45, 7) is 2.45. The molecule has 2 aromatic rings. The predicted molar refractivity (Wildman–Crippen MR) is 119 cm³/mol. The van der Waals surface area contributed by atoms with E-state index in [1.54, 1.807) is 11.8 Å². The van der Waals surface area contributed by atoms with Gasteiger partial charge in [0.05, 0.1) is 18.4 Å². The third-order valence-corrected chi connectivity index (χ3v) is 6.76. The summed E-state index contributed by atoms with van der Waals surface area (Å²) in [5.41, 5.74) is 3.37. The van der Waals surface area contributed by atoms with Gasteiger partial charge in [-0.05, 0) is 46.9 Å². The molecule has 0 spiro atoms. The fourth-order valence-corrected chi connectivity index (χ4v) is 5.26. The molecule has 9 heteroatoms. The number of nitrogens with one attached hydrogen (secondary N) is 1. The molecule has 3 atom stereocenters. The molecule has 4 nitrogen and oxygen atoms in total. The van der Waals surface area contributed by atoms with E-state index in [1.165, 1.54) is 17.7 Å². The molecule has 0 radical (unpaired) electrons. The Morgan fingerprint density at radius 3 is 2.45 bits per heavy atom. The molecule has 0 aliphatic carbocycles. The number of alkyl halides is 3. The van der Waals surface area contributed by atoms with Gasteiger partial charge in [0.1, 0.15) is 0 Å². The first-order valence-corrected chi connectivity index (χ1v) is 13.1. The van der Waals surface area contributed by atoms with Crippen molar-refractivity contribution >= 4 is 27.6 Å². The lowest BCUT2D eigenvalue weighted by Crippen LogP contribution is -2.24. The van der Waals surface area contributed by atoms with Gasteiger partial charge in [-0.3, -0.25) is 4.18 Å². The second kappa shape index (κ2) is 9.42. The number of hydrogen-bond donors (Lipinski definition) is 1. The predicted octanol–water partition coefficient (Wildman–Crippen LogP) is 5.47. The van der Waals surface area contributed by atoms with Gasteiger partial charge in [-0.25, -0.2) is 0 Å². The van der Waals surface area contributed by atoms with Crippen LogP contribution in [0.15, 0.2) is 42.5 Å². The molecule has 0 fully saturated rings.